The fourth-order valence-electron chi connectivity index (χ4n) is 1.87. The molecule has 0 radical (unpaired) electrons. The van der Waals surface area contributed by atoms with Crippen molar-refractivity contribution >= 4 is 15.9 Å². The van der Waals surface area contributed by atoms with Crippen LogP contribution in [-0.2, 0) is 6.54 Å². The van der Waals surface area contributed by atoms with E-state index in [1.807, 2.05) is 18.7 Å². The Morgan fingerprint density at radius 1 is 1.33 bits per heavy atom. The van der Waals surface area contributed by atoms with Crippen LogP contribution in [0.1, 0.15) is 24.9 Å². The summed E-state index contributed by atoms with van der Waals surface area (Å²) in [7, 11) is 0. The minimum absolute atomic E-state index is 0.390. The summed E-state index contributed by atoms with van der Waals surface area (Å²) >= 11 is 3.45. The van der Waals surface area contributed by atoms with Crippen LogP contribution >= 0.6 is 15.9 Å². The minimum Gasteiger partial charge on any atom is -0.337 e. The molecule has 2 aromatic rings. The SMILES string of the molecule is C[C@@H](NCCCn1ccnc1)c1ccc(Br)cc1. The number of nitrogens with zero attached hydrogens (tertiary/aromatic N) is 2. The summed E-state index contributed by atoms with van der Waals surface area (Å²) < 4.78 is 3.23. The topological polar surface area (TPSA) is 29.9 Å². The van der Waals surface area contributed by atoms with Gasteiger partial charge in [-0.05, 0) is 37.6 Å². The highest BCUT2D eigenvalue weighted by atomic mass is 79.9. The Kier molecular flexibility index (Phi) is 4.96. The molecule has 18 heavy (non-hydrogen) atoms. The van der Waals surface area contributed by atoms with E-state index >= 15 is 0 Å². The Morgan fingerprint density at radius 2 is 2.11 bits per heavy atom. The lowest BCUT2D eigenvalue weighted by Gasteiger charge is -2.14. The van der Waals surface area contributed by atoms with E-state index in [9.17, 15) is 0 Å². The lowest BCUT2D eigenvalue weighted by atomic mass is 10.1. The molecule has 4 heteroatoms. The van der Waals surface area contributed by atoms with Crippen molar-refractivity contribution in [2.45, 2.75) is 25.9 Å². The van der Waals surface area contributed by atoms with Gasteiger partial charge in [0.15, 0.2) is 0 Å². The molecule has 96 valence electrons. The zero-order valence-electron chi connectivity index (χ0n) is 10.5. The number of hydrogen-bond donors (Lipinski definition) is 1. The lowest BCUT2D eigenvalue weighted by molar-refractivity contribution is 0.526. The van der Waals surface area contributed by atoms with Gasteiger partial charge in [-0.1, -0.05) is 28.1 Å². The molecule has 0 aliphatic carbocycles. The summed E-state index contributed by atoms with van der Waals surface area (Å²) in [6.45, 7) is 4.22. The van der Waals surface area contributed by atoms with E-state index in [-0.39, 0.29) is 0 Å². The maximum Gasteiger partial charge on any atom is 0.0945 e. The number of halogens is 1. The van der Waals surface area contributed by atoms with Crippen molar-refractivity contribution in [2.24, 2.45) is 0 Å². The molecule has 0 amide bonds. The van der Waals surface area contributed by atoms with Gasteiger partial charge in [0.2, 0.25) is 0 Å². The largest absolute Gasteiger partial charge is 0.337 e. The van der Waals surface area contributed by atoms with Crippen LogP contribution in [0, 0.1) is 0 Å². The van der Waals surface area contributed by atoms with Crippen LogP contribution in [0.25, 0.3) is 0 Å². The highest BCUT2D eigenvalue weighted by Gasteiger charge is 2.03. The zero-order valence-corrected chi connectivity index (χ0v) is 12.1. The first-order valence-corrected chi connectivity index (χ1v) is 6.99. The Balaban J connectivity index is 1.71. The van der Waals surface area contributed by atoms with Gasteiger partial charge in [-0.15, -0.1) is 0 Å². The highest BCUT2D eigenvalue weighted by molar-refractivity contribution is 9.10. The average Bonchev–Trinajstić information content (AvgIpc) is 2.88. The van der Waals surface area contributed by atoms with E-state index in [1.165, 1.54) is 5.56 Å². The number of rotatable bonds is 6. The number of imidazole rings is 1. The Hall–Kier alpha value is -1.13. The van der Waals surface area contributed by atoms with E-state index in [1.54, 1.807) is 0 Å². The zero-order chi connectivity index (χ0) is 12.8. The smallest absolute Gasteiger partial charge is 0.0945 e. The molecule has 0 aliphatic rings. The second-order valence-corrected chi connectivity index (χ2v) is 5.30. The molecule has 0 bridgehead atoms. The van der Waals surface area contributed by atoms with Crippen molar-refractivity contribution in [2.75, 3.05) is 6.54 Å². The molecule has 1 aromatic heterocycles. The van der Waals surface area contributed by atoms with Crippen molar-refractivity contribution in [3.63, 3.8) is 0 Å². The number of benzene rings is 1. The normalized spacial score (nSPS) is 12.6. The van der Waals surface area contributed by atoms with Crippen LogP contribution in [0.3, 0.4) is 0 Å². The van der Waals surface area contributed by atoms with Gasteiger partial charge in [-0.2, -0.15) is 0 Å². The van der Waals surface area contributed by atoms with Gasteiger partial charge in [-0.3, -0.25) is 0 Å². The molecule has 0 aliphatic heterocycles. The molecule has 0 saturated heterocycles. The standard InChI is InChI=1S/C14H18BrN3/c1-12(13-3-5-14(15)6-4-13)17-7-2-9-18-10-8-16-11-18/h3-6,8,10-12,17H,2,7,9H2,1H3/t12-/m1/s1. The molecule has 1 N–H and O–H groups in total. The number of nitrogens with one attached hydrogen (secondary N) is 1. The summed E-state index contributed by atoms with van der Waals surface area (Å²) in [5, 5.41) is 3.53. The van der Waals surface area contributed by atoms with Crippen LogP contribution in [0.15, 0.2) is 47.5 Å². The number of aryl methyl sites for hydroxylation is 1. The molecular weight excluding hydrogens is 290 g/mol. The van der Waals surface area contributed by atoms with Crippen molar-refractivity contribution in [3.8, 4) is 0 Å². The van der Waals surface area contributed by atoms with Gasteiger partial charge in [0.25, 0.3) is 0 Å². The van der Waals surface area contributed by atoms with Crippen LogP contribution in [0.4, 0.5) is 0 Å². The van der Waals surface area contributed by atoms with Crippen LogP contribution in [0.5, 0.6) is 0 Å². The third-order valence-corrected chi connectivity index (χ3v) is 3.50. The minimum atomic E-state index is 0.390. The van der Waals surface area contributed by atoms with Gasteiger partial charge in [0.1, 0.15) is 0 Å². The molecule has 0 unspecified atom stereocenters. The predicted molar refractivity (Wildman–Crippen MR) is 77.4 cm³/mol. The van der Waals surface area contributed by atoms with E-state index in [0.717, 1.165) is 24.0 Å². The number of aromatic nitrogens is 2. The van der Waals surface area contributed by atoms with Crippen molar-refractivity contribution in [3.05, 3.63) is 53.0 Å². The Morgan fingerprint density at radius 3 is 2.78 bits per heavy atom. The molecule has 3 nitrogen and oxygen atoms in total. The summed E-state index contributed by atoms with van der Waals surface area (Å²) in [6, 6.07) is 8.86. The third kappa shape index (κ3) is 3.96. The molecule has 1 atom stereocenters. The van der Waals surface area contributed by atoms with Crippen molar-refractivity contribution in [1.29, 1.82) is 0 Å². The Labute approximate surface area is 116 Å². The summed E-state index contributed by atoms with van der Waals surface area (Å²) in [6.07, 6.45) is 6.78. The van der Waals surface area contributed by atoms with Gasteiger partial charge in [0.05, 0.1) is 6.33 Å². The fourth-order valence-corrected chi connectivity index (χ4v) is 2.13. The lowest BCUT2D eigenvalue weighted by Crippen LogP contribution is -2.20. The van der Waals surface area contributed by atoms with E-state index in [2.05, 4.69) is 62.0 Å². The van der Waals surface area contributed by atoms with Gasteiger partial charge in [-0.25, -0.2) is 4.98 Å². The molecule has 1 heterocycles. The van der Waals surface area contributed by atoms with Gasteiger partial charge in [0, 0.05) is 29.5 Å². The monoisotopic (exact) mass is 307 g/mol. The first kappa shape index (κ1) is 13.3. The second kappa shape index (κ2) is 6.71. The third-order valence-electron chi connectivity index (χ3n) is 2.97. The quantitative estimate of drug-likeness (QED) is 0.829. The van der Waals surface area contributed by atoms with Gasteiger partial charge < -0.3 is 9.88 Å². The second-order valence-electron chi connectivity index (χ2n) is 4.38. The molecule has 0 spiro atoms. The maximum absolute atomic E-state index is 4.03. The van der Waals surface area contributed by atoms with Crippen LogP contribution in [-0.4, -0.2) is 16.1 Å². The van der Waals surface area contributed by atoms with Crippen molar-refractivity contribution < 1.29 is 0 Å². The van der Waals surface area contributed by atoms with Crippen molar-refractivity contribution in [1.82, 2.24) is 14.9 Å². The van der Waals surface area contributed by atoms with Crippen LogP contribution < -0.4 is 5.32 Å². The molecule has 2 rings (SSSR count). The highest BCUT2D eigenvalue weighted by Crippen LogP contribution is 2.16. The molecule has 0 saturated carbocycles. The first-order valence-electron chi connectivity index (χ1n) is 6.20. The average molecular weight is 308 g/mol. The summed E-state index contributed by atoms with van der Waals surface area (Å²) in [5.74, 6) is 0. The van der Waals surface area contributed by atoms with E-state index < -0.39 is 0 Å². The van der Waals surface area contributed by atoms with E-state index in [0.29, 0.717) is 6.04 Å². The Bertz CT molecular complexity index is 450. The molecule has 0 fully saturated rings. The van der Waals surface area contributed by atoms with E-state index in [4.69, 9.17) is 0 Å². The summed E-state index contributed by atoms with van der Waals surface area (Å²) in [5.41, 5.74) is 1.32. The fraction of sp³-hybridized carbons (Fsp3) is 0.357. The van der Waals surface area contributed by atoms with Gasteiger partial charge >= 0.3 is 0 Å². The number of hydrogen-bond acceptors (Lipinski definition) is 2. The first-order chi connectivity index (χ1) is 8.75. The van der Waals surface area contributed by atoms with Crippen LogP contribution in [0.2, 0.25) is 0 Å². The molecule has 1 aromatic carbocycles. The molecular formula is C14H18BrN3. The maximum atomic E-state index is 4.03. The summed E-state index contributed by atoms with van der Waals surface area (Å²) in [4.78, 5) is 4.03. The predicted octanol–water partition coefficient (Wildman–Crippen LogP) is 3.39.